The molecule has 0 amide bonds. The average Bonchev–Trinajstić information content (AvgIpc) is 2.60. The molecule has 23 heavy (non-hydrogen) atoms. The molecule has 0 bridgehead atoms. The first-order valence-corrected chi connectivity index (χ1v) is 7.61. The summed E-state index contributed by atoms with van der Waals surface area (Å²) in [4.78, 5) is 24.8. The van der Waals surface area contributed by atoms with E-state index in [0.29, 0.717) is 6.42 Å². The minimum Gasteiger partial charge on any atom is -0.463 e. The van der Waals surface area contributed by atoms with Gasteiger partial charge in [0, 0.05) is 12.0 Å². The predicted molar refractivity (Wildman–Crippen MR) is 86.7 cm³/mol. The number of carbonyl (C=O) groups excluding carboxylic acids is 2. The van der Waals surface area contributed by atoms with Gasteiger partial charge in [0.1, 0.15) is 0 Å². The van der Waals surface area contributed by atoms with E-state index >= 15 is 0 Å². The molecule has 0 aliphatic carbocycles. The second-order valence-electron chi connectivity index (χ2n) is 5.21. The molecule has 0 radical (unpaired) electrons. The van der Waals surface area contributed by atoms with Crippen molar-refractivity contribution < 1.29 is 19.4 Å². The Morgan fingerprint density at radius 3 is 2.13 bits per heavy atom. The molecule has 0 aliphatic rings. The zero-order valence-corrected chi connectivity index (χ0v) is 13.1. The first-order valence-electron chi connectivity index (χ1n) is 7.61. The first-order chi connectivity index (χ1) is 11.1. The second kappa shape index (κ2) is 7.70. The van der Waals surface area contributed by atoms with Crippen molar-refractivity contribution in [1.82, 2.24) is 0 Å². The number of ketones is 1. The highest BCUT2D eigenvalue weighted by molar-refractivity contribution is 6.07. The van der Waals surface area contributed by atoms with Crippen molar-refractivity contribution in [3.8, 4) is 0 Å². The van der Waals surface area contributed by atoms with Gasteiger partial charge in [-0.2, -0.15) is 0 Å². The zero-order valence-electron chi connectivity index (χ0n) is 13.1. The summed E-state index contributed by atoms with van der Waals surface area (Å²) in [5.41, 5.74) is -1.05. The summed E-state index contributed by atoms with van der Waals surface area (Å²) in [6.07, 6.45) is 0.502. The lowest BCUT2D eigenvalue weighted by molar-refractivity contribution is -0.171. The molecule has 0 saturated carbocycles. The van der Waals surface area contributed by atoms with Gasteiger partial charge < -0.3 is 9.84 Å². The number of ether oxygens (including phenoxy) is 1. The Labute approximate surface area is 135 Å². The molecule has 0 saturated heterocycles. The maximum Gasteiger partial charge on any atom is 0.350 e. The van der Waals surface area contributed by atoms with E-state index in [1.807, 2.05) is 30.3 Å². The number of carbonyl (C=O) groups is 2. The highest BCUT2D eigenvalue weighted by Gasteiger charge is 2.46. The van der Waals surface area contributed by atoms with Crippen LogP contribution in [0.25, 0.3) is 0 Å². The predicted octanol–water partition coefficient (Wildman–Crippen LogP) is 2.64. The van der Waals surface area contributed by atoms with E-state index in [1.54, 1.807) is 37.3 Å². The summed E-state index contributed by atoms with van der Waals surface area (Å²) in [7, 11) is 0. The molecule has 0 spiro atoms. The molecule has 2 aromatic rings. The molecule has 1 N–H and O–H groups in total. The van der Waals surface area contributed by atoms with Crippen LogP contribution in [0.5, 0.6) is 0 Å². The van der Waals surface area contributed by atoms with Crippen molar-refractivity contribution in [3.05, 3.63) is 71.8 Å². The Kier molecular flexibility index (Phi) is 5.66. The van der Waals surface area contributed by atoms with E-state index in [1.165, 1.54) is 0 Å². The highest BCUT2D eigenvalue weighted by atomic mass is 16.5. The van der Waals surface area contributed by atoms with Crippen molar-refractivity contribution in [3.63, 3.8) is 0 Å². The Balaban J connectivity index is 2.23. The van der Waals surface area contributed by atoms with E-state index < -0.39 is 17.4 Å². The molecular formula is C19H20O4. The van der Waals surface area contributed by atoms with Crippen molar-refractivity contribution in [1.29, 1.82) is 0 Å². The average molecular weight is 312 g/mol. The molecule has 4 heteroatoms. The summed E-state index contributed by atoms with van der Waals surface area (Å²) in [6.45, 7) is 1.73. The topological polar surface area (TPSA) is 63.6 Å². The number of benzene rings is 2. The number of esters is 1. The summed E-state index contributed by atoms with van der Waals surface area (Å²) >= 11 is 0. The first kappa shape index (κ1) is 16.9. The van der Waals surface area contributed by atoms with Crippen molar-refractivity contribution >= 4 is 11.8 Å². The van der Waals surface area contributed by atoms with Gasteiger partial charge in [0.05, 0.1) is 6.61 Å². The molecule has 0 aromatic heterocycles. The third-order valence-corrected chi connectivity index (χ3v) is 3.65. The van der Waals surface area contributed by atoms with Gasteiger partial charge in [-0.15, -0.1) is 0 Å². The summed E-state index contributed by atoms with van der Waals surface area (Å²) in [6, 6.07) is 17.7. The van der Waals surface area contributed by atoms with E-state index in [-0.39, 0.29) is 18.6 Å². The Hall–Kier alpha value is -2.46. The number of aryl methyl sites for hydroxylation is 1. The zero-order chi connectivity index (χ0) is 16.7. The molecule has 4 nitrogen and oxygen atoms in total. The molecule has 0 unspecified atom stereocenters. The molecule has 0 fully saturated rings. The number of rotatable bonds is 7. The lowest BCUT2D eigenvalue weighted by Gasteiger charge is -2.25. The number of aliphatic hydroxyl groups is 1. The highest BCUT2D eigenvalue weighted by Crippen LogP contribution is 2.26. The fraction of sp³-hybridized carbons (Fsp3) is 0.263. The van der Waals surface area contributed by atoms with Crippen molar-refractivity contribution in [2.45, 2.75) is 25.4 Å². The van der Waals surface area contributed by atoms with Crippen LogP contribution in [0.2, 0.25) is 0 Å². The molecular weight excluding hydrogens is 292 g/mol. The molecule has 0 heterocycles. The van der Waals surface area contributed by atoms with Gasteiger partial charge in [-0.1, -0.05) is 60.7 Å². The van der Waals surface area contributed by atoms with Crippen LogP contribution in [-0.2, 0) is 26.3 Å². The molecule has 2 aromatic carbocycles. The Bertz CT molecular complexity index is 652. The summed E-state index contributed by atoms with van der Waals surface area (Å²) in [5, 5.41) is 10.8. The van der Waals surface area contributed by atoms with E-state index in [4.69, 9.17) is 4.74 Å². The maximum absolute atomic E-state index is 12.6. The van der Waals surface area contributed by atoms with E-state index in [2.05, 4.69) is 0 Å². The van der Waals surface area contributed by atoms with Gasteiger partial charge in [0.15, 0.2) is 5.78 Å². The van der Waals surface area contributed by atoms with Gasteiger partial charge in [-0.25, -0.2) is 4.79 Å². The van der Waals surface area contributed by atoms with Crippen molar-refractivity contribution in [2.24, 2.45) is 0 Å². The second-order valence-corrected chi connectivity index (χ2v) is 5.21. The quantitative estimate of drug-likeness (QED) is 0.630. The van der Waals surface area contributed by atoms with Gasteiger partial charge in [-0.05, 0) is 18.9 Å². The lowest BCUT2D eigenvalue weighted by atomic mass is 9.86. The van der Waals surface area contributed by atoms with Gasteiger partial charge in [0.2, 0.25) is 5.60 Å². The Morgan fingerprint density at radius 1 is 1.00 bits per heavy atom. The monoisotopic (exact) mass is 312 g/mol. The standard InChI is InChI=1S/C19H20O4/c1-2-23-18(21)19(22,16-11-7-4-8-12-16)17(20)14-13-15-9-5-3-6-10-15/h3-12,22H,2,13-14H2,1H3/t19-/m1/s1. The van der Waals surface area contributed by atoms with Gasteiger partial charge >= 0.3 is 5.97 Å². The van der Waals surface area contributed by atoms with Gasteiger partial charge in [0.25, 0.3) is 0 Å². The number of Topliss-reactive ketones (excluding diaryl/α,β-unsaturated/α-hetero) is 1. The van der Waals surface area contributed by atoms with Gasteiger partial charge in [-0.3, -0.25) is 4.79 Å². The van der Waals surface area contributed by atoms with Crippen LogP contribution in [-0.4, -0.2) is 23.5 Å². The van der Waals surface area contributed by atoms with Crippen molar-refractivity contribution in [2.75, 3.05) is 6.61 Å². The number of hydrogen-bond acceptors (Lipinski definition) is 4. The molecule has 0 aliphatic heterocycles. The normalized spacial score (nSPS) is 13.1. The molecule has 1 atom stereocenters. The minimum atomic E-state index is -2.26. The smallest absolute Gasteiger partial charge is 0.350 e. The molecule has 2 rings (SSSR count). The summed E-state index contributed by atoms with van der Waals surface area (Å²) < 4.78 is 4.92. The van der Waals surface area contributed by atoms with Crippen LogP contribution in [0.3, 0.4) is 0 Å². The van der Waals surface area contributed by atoms with Crippen LogP contribution >= 0.6 is 0 Å². The third-order valence-electron chi connectivity index (χ3n) is 3.65. The Morgan fingerprint density at radius 2 is 1.57 bits per heavy atom. The van der Waals surface area contributed by atoms with Crippen LogP contribution in [0.1, 0.15) is 24.5 Å². The molecule has 120 valence electrons. The minimum absolute atomic E-state index is 0.0498. The third kappa shape index (κ3) is 3.85. The van der Waals surface area contributed by atoms with E-state index in [9.17, 15) is 14.7 Å². The summed E-state index contributed by atoms with van der Waals surface area (Å²) in [5.74, 6) is -1.49. The maximum atomic E-state index is 12.6. The van der Waals surface area contributed by atoms with E-state index in [0.717, 1.165) is 5.56 Å². The lowest BCUT2D eigenvalue weighted by Crippen LogP contribution is -2.45. The van der Waals surface area contributed by atoms with Crippen LogP contribution in [0.15, 0.2) is 60.7 Å². The number of hydrogen-bond donors (Lipinski definition) is 1. The van der Waals surface area contributed by atoms with Crippen LogP contribution in [0, 0.1) is 0 Å². The largest absolute Gasteiger partial charge is 0.463 e. The SMILES string of the molecule is CCOC(=O)[C@](O)(C(=O)CCc1ccccc1)c1ccccc1. The fourth-order valence-corrected chi connectivity index (χ4v) is 2.39. The van der Waals surface area contributed by atoms with Crippen LogP contribution in [0.4, 0.5) is 0 Å². The van der Waals surface area contributed by atoms with Crippen LogP contribution < -0.4 is 0 Å². The fourth-order valence-electron chi connectivity index (χ4n) is 2.39.